The molecule has 4 nitrogen and oxygen atoms in total. The molecule has 0 atom stereocenters. The molecule has 0 aromatic carbocycles. The Kier molecular flexibility index (Phi) is 3.24. The molecule has 0 radical (unpaired) electrons. The topological polar surface area (TPSA) is 45.2 Å². The molecule has 0 saturated carbocycles. The van der Waals surface area contributed by atoms with Gasteiger partial charge in [0.25, 0.3) is 5.91 Å². The Labute approximate surface area is 128 Å². The van der Waals surface area contributed by atoms with Crippen LogP contribution < -0.4 is 10.2 Å². The number of hydrogen-bond acceptors (Lipinski definition) is 4. The first-order valence-electron chi connectivity index (χ1n) is 7.06. The van der Waals surface area contributed by atoms with Crippen LogP contribution in [0, 0.1) is 0 Å². The summed E-state index contributed by atoms with van der Waals surface area (Å²) in [5, 5.41) is 3.09. The molecule has 1 amide bonds. The maximum Gasteiger partial charge on any atom is 0.265 e. The van der Waals surface area contributed by atoms with E-state index in [2.05, 4.69) is 35.1 Å². The zero-order valence-corrected chi connectivity index (χ0v) is 13.5. The summed E-state index contributed by atoms with van der Waals surface area (Å²) in [7, 11) is 0. The third kappa shape index (κ3) is 2.31. The van der Waals surface area contributed by atoms with Gasteiger partial charge in [-0.25, -0.2) is 0 Å². The van der Waals surface area contributed by atoms with Gasteiger partial charge in [0.1, 0.15) is 10.5 Å². The molecule has 1 N–H and O–H groups in total. The highest BCUT2D eigenvalue weighted by Gasteiger charge is 2.39. The standard InChI is InChI=1S/C16H19N3OS/c1-10(2)19-12-9-13(11-5-7-17-8-6-11)21-14(12)15(20)18-16(19,3)4/h5-10H,1-4H3,(H,18,20). The van der Waals surface area contributed by atoms with Gasteiger partial charge in [-0.15, -0.1) is 11.3 Å². The van der Waals surface area contributed by atoms with Crippen LogP contribution >= 0.6 is 11.3 Å². The van der Waals surface area contributed by atoms with E-state index in [9.17, 15) is 4.79 Å². The Bertz CT molecular complexity index is 676. The van der Waals surface area contributed by atoms with Crippen LogP contribution in [0.2, 0.25) is 0 Å². The summed E-state index contributed by atoms with van der Waals surface area (Å²) in [4.78, 5) is 20.6. The number of anilines is 1. The van der Waals surface area contributed by atoms with Crippen LogP contribution in [0.1, 0.15) is 37.4 Å². The Morgan fingerprint density at radius 2 is 1.95 bits per heavy atom. The lowest BCUT2D eigenvalue weighted by Crippen LogP contribution is -2.62. The highest BCUT2D eigenvalue weighted by atomic mass is 32.1. The van der Waals surface area contributed by atoms with Crippen LogP contribution in [-0.4, -0.2) is 22.6 Å². The lowest BCUT2D eigenvalue weighted by molar-refractivity contribution is 0.0899. The summed E-state index contributed by atoms with van der Waals surface area (Å²) in [6.45, 7) is 8.37. The molecular formula is C16H19N3OS. The van der Waals surface area contributed by atoms with Crippen LogP contribution in [0.3, 0.4) is 0 Å². The minimum atomic E-state index is -0.380. The Morgan fingerprint density at radius 1 is 1.29 bits per heavy atom. The summed E-state index contributed by atoms with van der Waals surface area (Å²) in [5.41, 5.74) is 1.74. The van der Waals surface area contributed by atoms with Gasteiger partial charge in [0.15, 0.2) is 0 Å². The van der Waals surface area contributed by atoms with E-state index < -0.39 is 0 Å². The molecular weight excluding hydrogens is 282 g/mol. The number of fused-ring (bicyclic) bond motifs is 1. The van der Waals surface area contributed by atoms with Crippen LogP contribution in [0.5, 0.6) is 0 Å². The van der Waals surface area contributed by atoms with E-state index in [1.807, 2.05) is 26.0 Å². The molecule has 1 aliphatic rings. The fourth-order valence-corrected chi connectivity index (χ4v) is 4.05. The van der Waals surface area contributed by atoms with Crippen LogP contribution in [-0.2, 0) is 0 Å². The van der Waals surface area contributed by atoms with Gasteiger partial charge in [0.05, 0.1) is 5.69 Å². The van der Waals surface area contributed by atoms with Crippen molar-refractivity contribution in [2.75, 3.05) is 4.90 Å². The highest BCUT2D eigenvalue weighted by Crippen LogP contribution is 2.42. The molecule has 21 heavy (non-hydrogen) atoms. The van der Waals surface area contributed by atoms with E-state index in [-0.39, 0.29) is 11.6 Å². The molecule has 0 spiro atoms. The highest BCUT2D eigenvalue weighted by molar-refractivity contribution is 7.18. The van der Waals surface area contributed by atoms with Gasteiger partial charge < -0.3 is 10.2 Å². The SMILES string of the molecule is CC(C)N1c2cc(-c3ccncc3)sc2C(=O)NC1(C)C. The monoisotopic (exact) mass is 301 g/mol. The van der Waals surface area contributed by atoms with E-state index in [1.54, 1.807) is 12.4 Å². The summed E-state index contributed by atoms with van der Waals surface area (Å²) in [6.07, 6.45) is 3.55. The maximum absolute atomic E-state index is 12.4. The number of carbonyl (C=O) groups is 1. The van der Waals surface area contributed by atoms with Crippen molar-refractivity contribution in [1.29, 1.82) is 0 Å². The van der Waals surface area contributed by atoms with E-state index in [1.165, 1.54) is 11.3 Å². The third-order valence-corrected chi connectivity index (χ3v) is 4.85. The number of rotatable bonds is 2. The van der Waals surface area contributed by atoms with Crippen molar-refractivity contribution >= 4 is 22.9 Å². The molecule has 1 aliphatic heterocycles. The Balaban J connectivity index is 2.14. The zero-order valence-electron chi connectivity index (χ0n) is 12.7. The number of nitrogens with one attached hydrogen (secondary N) is 1. The fourth-order valence-electron chi connectivity index (χ4n) is 3.00. The smallest absolute Gasteiger partial charge is 0.265 e. The van der Waals surface area contributed by atoms with Crippen molar-refractivity contribution in [2.45, 2.75) is 39.4 Å². The normalized spacial score (nSPS) is 16.8. The Morgan fingerprint density at radius 3 is 2.57 bits per heavy atom. The van der Waals surface area contributed by atoms with Gasteiger partial charge in [-0.05, 0) is 51.5 Å². The number of nitrogens with zero attached hydrogens (tertiary/aromatic N) is 2. The molecule has 3 rings (SSSR count). The quantitative estimate of drug-likeness (QED) is 0.923. The molecule has 2 aromatic heterocycles. The molecule has 110 valence electrons. The number of carbonyl (C=O) groups excluding carboxylic acids is 1. The number of amides is 1. The predicted molar refractivity (Wildman–Crippen MR) is 86.7 cm³/mol. The van der Waals surface area contributed by atoms with Crippen LogP contribution in [0.4, 0.5) is 5.69 Å². The van der Waals surface area contributed by atoms with Crippen molar-refractivity contribution in [3.8, 4) is 10.4 Å². The van der Waals surface area contributed by atoms with Crippen molar-refractivity contribution in [1.82, 2.24) is 10.3 Å². The maximum atomic E-state index is 12.4. The summed E-state index contributed by atoms with van der Waals surface area (Å²) < 4.78 is 0. The number of aromatic nitrogens is 1. The molecule has 0 unspecified atom stereocenters. The lowest BCUT2D eigenvalue weighted by atomic mass is 10.0. The predicted octanol–water partition coefficient (Wildman–Crippen LogP) is 3.50. The first kappa shape index (κ1) is 14.1. The van der Waals surface area contributed by atoms with E-state index in [0.29, 0.717) is 6.04 Å². The van der Waals surface area contributed by atoms with Gasteiger partial charge in [0.2, 0.25) is 0 Å². The summed E-state index contributed by atoms with van der Waals surface area (Å²) in [5.74, 6) is 0.0113. The van der Waals surface area contributed by atoms with Crippen molar-refractivity contribution in [3.05, 3.63) is 35.5 Å². The lowest BCUT2D eigenvalue weighted by Gasteiger charge is -2.46. The average Bonchev–Trinajstić information content (AvgIpc) is 2.83. The molecule has 3 heterocycles. The van der Waals surface area contributed by atoms with Gasteiger partial charge in [0, 0.05) is 23.3 Å². The van der Waals surface area contributed by atoms with E-state index in [0.717, 1.165) is 21.0 Å². The fraction of sp³-hybridized carbons (Fsp3) is 0.375. The van der Waals surface area contributed by atoms with Crippen molar-refractivity contribution in [3.63, 3.8) is 0 Å². The van der Waals surface area contributed by atoms with Crippen molar-refractivity contribution < 1.29 is 4.79 Å². The summed E-state index contributed by atoms with van der Waals surface area (Å²) in [6, 6.07) is 6.37. The van der Waals surface area contributed by atoms with Gasteiger partial charge in [-0.3, -0.25) is 9.78 Å². The number of hydrogen-bond donors (Lipinski definition) is 1. The van der Waals surface area contributed by atoms with Gasteiger partial charge in [-0.1, -0.05) is 0 Å². The molecule has 2 aromatic rings. The van der Waals surface area contributed by atoms with Gasteiger partial charge >= 0.3 is 0 Å². The van der Waals surface area contributed by atoms with E-state index in [4.69, 9.17) is 0 Å². The van der Waals surface area contributed by atoms with E-state index >= 15 is 0 Å². The average molecular weight is 301 g/mol. The minimum Gasteiger partial charge on any atom is -0.345 e. The largest absolute Gasteiger partial charge is 0.345 e. The third-order valence-electron chi connectivity index (χ3n) is 3.68. The van der Waals surface area contributed by atoms with Crippen LogP contribution in [0.25, 0.3) is 10.4 Å². The second-order valence-corrected chi connectivity index (χ2v) is 7.09. The van der Waals surface area contributed by atoms with Crippen molar-refractivity contribution in [2.24, 2.45) is 0 Å². The second-order valence-electron chi connectivity index (χ2n) is 6.04. The molecule has 0 bridgehead atoms. The van der Waals surface area contributed by atoms with Gasteiger partial charge in [-0.2, -0.15) is 0 Å². The molecule has 0 saturated heterocycles. The molecule has 0 fully saturated rings. The number of thiophene rings is 1. The number of pyridine rings is 1. The zero-order chi connectivity index (χ0) is 15.2. The molecule has 5 heteroatoms. The molecule has 0 aliphatic carbocycles. The first-order chi connectivity index (χ1) is 9.90. The second kappa shape index (κ2) is 4.84. The van der Waals surface area contributed by atoms with Crippen LogP contribution in [0.15, 0.2) is 30.6 Å². The first-order valence-corrected chi connectivity index (χ1v) is 7.88. The summed E-state index contributed by atoms with van der Waals surface area (Å²) >= 11 is 1.54. The minimum absolute atomic E-state index is 0.0113. The Hall–Kier alpha value is -1.88.